The second-order valence-corrected chi connectivity index (χ2v) is 10.5. The van der Waals surface area contributed by atoms with E-state index in [-0.39, 0.29) is 0 Å². The minimum absolute atomic E-state index is 0.354. The Morgan fingerprint density at radius 2 is 1.38 bits per heavy atom. The molecule has 1 N–H and O–H groups in total. The van der Waals surface area contributed by atoms with Crippen LogP contribution in [0.4, 0.5) is 5.95 Å². The molecule has 1 unspecified atom stereocenters. The van der Waals surface area contributed by atoms with E-state index in [4.69, 9.17) is 15.1 Å². The zero-order valence-corrected chi connectivity index (χ0v) is 22.6. The molecule has 4 aromatic carbocycles. The van der Waals surface area contributed by atoms with E-state index in [1.54, 1.807) is 0 Å². The van der Waals surface area contributed by atoms with Crippen LogP contribution in [0, 0.1) is 20.8 Å². The summed E-state index contributed by atoms with van der Waals surface area (Å²) in [6, 6.07) is 34.3. The first-order valence-corrected chi connectivity index (χ1v) is 13.5. The van der Waals surface area contributed by atoms with Crippen LogP contribution in [0.25, 0.3) is 27.7 Å². The van der Waals surface area contributed by atoms with Gasteiger partial charge in [0.25, 0.3) is 0 Å². The summed E-state index contributed by atoms with van der Waals surface area (Å²) < 4.78 is 0. The van der Waals surface area contributed by atoms with Crippen molar-refractivity contribution in [2.45, 2.75) is 39.5 Å². The number of anilines is 1. The smallest absolute Gasteiger partial charge is 0.244 e. The third-order valence-corrected chi connectivity index (χ3v) is 7.43. The molecule has 1 aliphatic carbocycles. The third kappa shape index (κ3) is 5.51. The minimum atomic E-state index is 0.354. The summed E-state index contributed by atoms with van der Waals surface area (Å²) in [5.74, 6) is 0.855. The number of nitrogens with zero attached hydrogens (tertiary/aromatic N) is 3. The van der Waals surface area contributed by atoms with Crippen molar-refractivity contribution in [2.75, 3.05) is 5.43 Å². The Labute approximate surface area is 230 Å². The van der Waals surface area contributed by atoms with Gasteiger partial charge in [0.1, 0.15) is 0 Å². The van der Waals surface area contributed by atoms with E-state index in [0.717, 1.165) is 40.7 Å². The molecule has 1 aliphatic rings. The van der Waals surface area contributed by atoms with Crippen LogP contribution in [0.2, 0.25) is 0 Å². The van der Waals surface area contributed by atoms with E-state index in [1.807, 2.05) is 18.2 Å². The second kappa shape index (κ2) is 10.7. The molecule has 4 heteroatoms. The first-order valence-electron chi connectivity index (χ1n) is 13.5. The van der Waals surface area contributed by atoms with Crippen molar-refractivity contribution >= 4 is 28.1 Å². The summed E-state index contributed by atoms with van der Waals surface area (Å²) in [7, 11) is 0. The summed E-state index contributed by atoms with van der Waals surface area (Å²) in [6.07, 6.45) is 4.06. The van der Waals surface area contributed by atoms with Crippen LogP contribution < -0.4 is 5.43 Å². The van der Waals surface area contributed by atoms with Gasteiger partial charge < -0.3 is 0 Å². The van der Waals surface area contributed by atoms with E-state index in [1.165, 1.54) is 33.4 Å². The molecular weight excluding hydrogens is 476 g/mol. The molecule has 1 atom stereocenters. The number of allylic oxidation sites excluding steroid dienone is 2. The second-order valence-electron chi connectivity index (χ2n) is 10.5. The van der Waals surface area contributed by atoms with E-state index < -0.39 is 0 Å². The quantitative estimate of drug-likeness (QED) is 0.242. The molecule has 0 saturated carbocycles. The van der Waals surface area contributed by atoms with Gasteiger partial charge in [0.15, 0.2) is 0 Å². The number of hydrogen-bond acceptors (Lipinski definition) is 4. The lowest BCUT2D eigenvalue weighted by molar-refractivity contribution is 0.731. The average Bonchev–Trinajstić information content (AvgIpc) is 2.97. The molecule has 0 bridgehead atoms. The fourth-order valence-corrected chi connectivity index (χ4v) is 5.26. The first kappa shape index (κ1) is 24.7. The molecule has 5 aromatic rings. The van der Waals surface area contributed by atoms with Crippen LogP contribution in [-0.2, 0) is 0 Å². The lowest BCUT2D eigenvalue weighted by Gasteiger charge is -2.25. The van der Waals surface area contributed by atoms with Gasteiger partial charge in [-0.25, -0.2) is 15.4 Å². The predicted octanol–water partition coefficient (Wildman–Crippen LogP) is 8.65. The molecule has 4 nitrogen and oxygen atoms in total. The molecule has 192 valence electrons. The van der Waals surface area contributed by atoms with Crippen LogP contribution >= 0.6 is 0 Å². The fraction of sp³-hybridized carbons (Fsp3) is 0.171. The summed E-state index contributed by atoms with van der Waals surface area (Å²) in [6.45, 7) is 6.35. The first-order chi connectivity index (χ1) is 19.0. The molecule has 39 heavy (non-hydrogen) atoms. The number of hydrazone groups is 1. The largest absolute Gasteiger partial charge is 0.245 e. The summed E-state index contributed by atoms with van der Waals surface area (Å²) >= 11 is 0. The maximum atomic E-state index is 4.92. The standard InChI is InChI=1S/C35H32N4/c1-23-9-14-26(15-10-23)29-20-30(27-16-11-24(2)12-17-27)22-31(21-29)38-39-35-36-33-18-13-25(3)19-32(33)34(37-35)28-7-5-4-6-8-28/h4-19,21,30H,20,22H2,1-3H3,(H,36,37,39)/b38-31+. The monoisotopic (exact) mass is 508 g/mol. The van der Waals surface area contributed by atoms with Crippen LogP contribution in [0.15, 0.2) is 108 Å². The Bertz CT molecular complexity index is 1680. The van der Waals surface area contributed by atoms with E-state index in [9.17, 15) is 0 Å². The molecular formula is C35H32N4. The lowest BCUT2D eigenvalue weighted by Crippen LogP contribution is -2.14. The molecule has 0 radical (unpaired) electrons. The van der Waals surface area contributed by atoms with Gasteiger partial charge in [0, 0.05) is 10.9 Å². The molecule has 0 saturated heterocycles. The van der Waals surface area contributed by atoms with Gasteiger partial charge >= 0.3 is 0 Å². The summed E-state index contributed by atoms with van der Waals surface area (Å²) in [4.78, 5) is 9.73. The van der Waals surface area contributed by atoms with Gasteiger partial charge in [0.2, 0.25) is 5.95 Å². The highest BCUT2D eigenvalue weighted by Crippen LogP contribution is 2.37. The van der Waals surface area contributed by atoms with E-state index >= 15 is 0 Å². The number of aromatic nitrogens is 2. The van der Waals surface area contributed by atoms with Gasteiger partial charge in [-0.2, -0.15) is 5.10 Å². The lowest BCUT2D eigenvalue weighted by atomic mass is 9.80. The van der Waals surface area contributed by atoms with Gasteiger partial charge in [-0.15, -0.1) is 0 Å². The number of nitrogens with one attached hydrogen (secondary N) is 1. The number of rotatable bonds is 5. The maximum absolute atomic E-state index is 4.92. The van der Waals surface area contributed by atoms with Crippen molar-refractivity contribution < 1.29 is 0 Å². The normalized spacial score (nSPS) is 16.3. The van der Waals surface area contributed by atoms with Gasteiger partial charge in [-0.05, 0) is 74.4 Å². The van der Waals surface area contributed by atoms with Crippen LogP contribution in [0.3, 0.4) is 0 Å². The van der Waals surface area contributed by atoms with Crippen LogP contribution in [0.1, 0.15) is 46.6 Å². The molecule has 6 rings (SSSR count). The van der Waals surface area contributed by atoms with E-state index in [2.05, 4.69) is 111 Å². The van der Waals surface area contributed by atoms with Crippen molar-refractivity contribution in [1.29, 1.82) is 0 Å². The maximum Gasteiger partial charge on any atom is 0.244 e. The van der Waals surface area contributed by atoms with Crippen LogP contribution in [0.5, 0.6) is 0 Å². The summed E-state index contributed by atoms with van der Waals surface area (Å²) in [5.41, 5.74) is 14.7. The Morgan fingerprint density at radius 3 is 2.13 bits per heavy atom. The fourth-order valence-electron chi connectivity index (χ4n) is 5.26. The molecule has 1 aromatic heterocycles. The number of benzene rings is 4. The molecule has 0 spiro atoms. The Hall–Kier alpha value is -4.57. The number of aryl methyl sites for hydroxylation is 3. The van der Waals surface area contributed by atoms with Gasteiger partial charge in [0.05, 0.1) is 16.9 Å². The van der Waals surface area contributed by atoms with Crippen molar-refractivity contribution in [2.24, 2.45) is 5.10 Å². The van der Waals surface area contributed by atoms with Crippen molar-refractivity contribution in [3.8, 4) is 11.3 Å². The number of hydrogen-bond donors (Lipinski definition) is 1. The molecule has 1 heterocycles. The highest BCUT2D eigenvalue weighted by molar-refractivity contribution is 6.03. The van der Waals surface area contributed by atoms with Crippen molar-refractivity contribution in [1.82, 2.24) is 9.97 Å². The molecule has 0 aliphatic heterocycles. The van der Waals surface area contributed by atoms with Gasteiger partial charge in [-0.1, -0.05) is 102 Å². The topological polar surface area (TPSA) is 50.2 Å². The Kier molecular flexibility index (Phi) is 6.76. The van der Waals surface area contributed by atoms with Gasteiger partial charge in [-0.3, -0.25) is 0 Å². The SMILES string of the molecule is Cc1ccc(C2=C/C(=N\Nc3nc(-c4ccccc4)c4cc(C)ccc4n3)CC(c3ccc(C)cc3)C2)cc1. The third-order valence-electron chi connectivity index (χ3n) is 7.43. The van der Waals surface area contributed by atoms with Crippen LogP contribution in [-0.4, -0.2) is 15.7 Å². The van der Waals surface area contributed by atoms with E-state index in [0.29, 0.717) is 11.9 Å². The highest BCUT2D eigenvalue weighted by atomic mass is 15.4. The molecule has 0 amide bonds. The Morgan fingerprint density at radius 1 is 0.692 bits per heavy atom. The zero-order valence-electron chi connectivity index (χ0n) is 22.6. The minimum Gasteiger partial charge on any atom is -0.245 e. The van der Waals surface area contributed by atoms with Crippen molar-refractivity contribution in [3.63, 3.8) is 0 Å². The summed E-state index contributed by atoms with van der Waals surface area (Å²) in [5, 5.41) is 5.90. The van der Waals surface area contributed by atoms with Crippen molar-refractivity contribution in [3.05, 3.63) is 131 Å². The number of fused-ring (bicyclic) bond motifs is 1. The Balaban J connectivity index is 1.38. The highest BCUT2D eigenvalue weighted by Gasteiger charge is 2.22. The molecule has 0 fully saturated rings. The average molecular weight is 509 g/mol. The predicted molar refractivity (Wildman–Crippen MR) is 163 cm³/mol. The zero-order chi connectivity index (χ0) is 26.8.